The molecule has 0 unspecified atom stereocenters. The van der Waals surface area contributed by atoms with Gasteiger partial charge in [0.2, 0.25) is 0 Å². The molecule has 2 N–H and O–H groups in total. The molecule has 32 heavy (non-hydrogen) atoms. The lowest BCUT2D eigenvalue weighted by atomic mass is 10.2. The van der Waals surface area contributed by atoms with Crippen molar-refractivity contribution in [1.29, 1.82) is 0 Å². The van der Waals surface area contributed by atoms with Crippen LogP contribution in [0.1, 0.15) is 0 Å². The Balaban J connectivity index is 1.30. The van der Waals surface area contributed by atoms with Gasteiger partial charge in [-0.05, 0) is 36.4 Å². The Morgan fingerprint density at radius 3 is 2.75 bits per heavy atom. The van der Waals surface area contributed by atoms with Crippen molar-refractivity contribution in [2.45, 2.75) is 0 Å². The maximum Gasteiger partial charge on any atom is 0.159 e. The molecule has 0 atom stereocenters. The number of fused-ring (bicyclic) bond motifs is 1. The van der Waals surface area contributed by atoms with Crippen molar-refractivity contribution in [1.82, 2.24) is 24.8 Å². The highest BCUT2D eigenvalue weighted by Crippen LogP contribution is 2.32. The molecule has 1 saturated heterocycles. The highest BCUT2D eigenvalue weighted by atomic mass is 35.5. The quantitative estimate of drug-likeness (QED) is 0.437. The number of H-pyrrole nitrogens is 1. The minimum absolute atomic E-state index is 0.489. The van der Waals surface area contributed by atoms with Crippen LogP contribution < -0.4 is 10.1 Å². The first-order valence-electron chi connectivity index (χ1n) is 10.5. The van der Waals surface area contributed by atoms with E-state index in [0.717, 1.165) is 49.8 Å². The first-order valence-corrected chi connectivity index (χ1v) is 10.9. The van der Waals surface area contributed by atoms with Gasteiger partial charge in [0.15, 0.2) is 5.65 Å². The standard InChI is InChI=1S/C23H23ClN6O2/c24-19-15-26-23-21(20(19)27-17-2-1-7-25-14-17)28-22(29-23)16-3-5-18(6-4-16)32-13-10-30-8-11-31-12-9-30/h1-7,14-15H,8-13H2,(H2,26,27,28,29). The Morgan fingerprint density at radius 1 is 1.12 bits per heavy atom. The van der Waals surface area contributed by atoms with Gasteiger partial charge < -0.3 is 19.8 Å². The summed E-state index contributed by atoms with van der Waals surface area (Å²) in [5.41, 5.74) is 3.77. The number of anilines is 2. The van der Waals surface area contributed by atoms with E-state index in [9.17, 15) is 0 Å². The molecule has 0 radical (unpaired) electrons. The van der Waals surface area contributed by atoms with Crippen molar-refractivity contribution in [3.63, 3.8) is 0 Å². The highest BCUT2D eigenvalue weighted by molar-refractivity contribution is 6.34. The maximum absolute atomic E-state index is 6.41. The number of nitrogens with one attached hydrogen (secondary N) is 2. The first-order chi connectivity index (χ1) is 15.8. The van der Waals surface area contributed by atoms with Crippen molar-refractivity contribution in [3.05, 3.63) is 60.0 Å². The number of imidazole rings is 1. The molecular formula is C23H23ClN6O2. The molecule has 0 amide bonds. The number of hydrogen-bond acceptors (Lipinski definition) is 7. The van der Waals surface area contributed by atoms with Crippen LogP contribution in [-0.2, 0) is 4.74 Å². The van der Waals surface area contributed by atoms with E-state index in [2.05, 4.69) is 25.2 Å². The summed E-state index contributed by atoms with van der Waals surface area (Å²) in [6.45, 7) is 5.06. The van der Waals surface area contributed by atoms with Crippen LogP contribution in [0, 0.1) is 0 Å². The largest absolute Gasteiger partial charge is 0.492 e. The third kappa shape index (κ3) is 4.67. The summed E-state index contributed by atoms with van der Waals surface area (Å²) in [4.78, 5) is 18.9. The zero-order valence-electron chi connectivity index (χ0n) is 17.4. The van der Waals surface area contributed by atoms with Gasteiger partial charge in [0.1, 0.15) is 23.7 Å². The van der Waals surface area contributed by atoms with Crippen LogP contribution in [0.15, 0.2) is 55.0 Å². The van der Waals surface area contributed by atoms with Gasteiger partial charge in [-0.15, -0.1) is 0 Å². The van der Waals surface area contributed by atoms with E-state index < -0.39 is 0 Å². The highest BCUT2D eigenvalue weighted by Gasteiger charge is 2.14. The van der Waals surface area contributed by atoms with Crippen LogP contribution in [0.2, 0.25) is 5.02 Å². The number of morpholine rings is 1. The van der Waals surface area contributed by atoms with Crippen molar-refractivity contribution in [2.24, 2.45) is 0 Å². The Morgan fingerprint density at radius 2 is 1.97 bits per heavy atom. The molecule has 0 bridgehead atoms. The van der Waals surface area contributed by atoms with Crippen molar-refractivity contribution < 1.29 is 9.47 Å². The molecule has 164 valence electrons. The van der Waals surface area contributed by atoms with E-state index in [1.807, 2.05) is 36.4 Å². The number of halogens is 1. The van der Waals surface area contributed by atoms with Crippen molar-refractivity contribution >= 4 is 34.1 Å². The average Bonchev–Trinajstić information content (AvgIpc) is 3.27. The van der Waals surface area contributed by atoms with Crippen molar-refractivity contribution in [2.75, 3.05) is 44.8 Å². The number of rotatable bonds is 7. The number of benzene rings is 1. The lowest BCUT2D eigenvalue weighted by molar-refractivity contribution is 0.0322. The molecule has 0 saturated carbocycles. The van der Waals surface area contributed by atoms with Gasteiger partial charge in [-0.1, -0.05) is 11.6 Å². The number of pyridine rings is 2. The third-order valence-corrected chi connectivity index (χ3v) is 5.59. The second-order valence-electron chi connectivity index (χ2n) is 7.46. The molecule has 1 fully saturated rings. The van der Waals surface area contributed by atoms with Gasteiger partial charge in [-0.25, -0.2) is 9.97 Å². The molecular weight excluding hydrogens is 428 g/mol. The summed E-state index contributed by atoms with van der Waals surface area (Å²) < 4.78 is 11.3. The number of ether oxygens (including phenoxy) is 2. The molecule has 8 nitrogen and oxygen atoms in total. The number of nitrogens with zero attached hydrogens (tertiary/aromatic N) is 4. The van der Waals surface area contributed by atoms with Crippen molar-refractivity contribution in [3.8, 4) is 17.1 Å². The van der Waals surface area contributed by atoms with Gasteiger partial charge in [0.05, 0.1) is 42.0 Å². The molecule has 5 rings (SSSR count). The summed E-state index contributed by atoms with van der Waals surface area (Å²) in [6, 6.07) is 11.7. The predicted molar refractivity (Wildman–Crippen MR) is 125 cm³/mol. The summed E-state index contributed by atoms with van der Waals surface area (Å²) in [7, 11) is 0. The van der Waals surface area contributed by atoms with Crippen LogP contribution in [0.3, 0.4) is 0 Å². The van der Waals surface area contributed by atoms with Crippen LogP contribution in [0.4, 0.5) is 11.4 Å². The average molecular weight is 451 g/mol. The predicted octanol–water partition coefficient (Wildman–Crippen LogP) is 4.13. The minimum atomic E-state index is 0.489. The van der Waals surface area contributed by atoms with Gasteiger partial charge in [-0.2, -0.15) is 0 Å². The normalized spacial score (nSPS) is 14.5. The zero-order chi connectivity index (χ0) is 21.8. The van der Waals surface area contributed by atoms with Gasteiger partial charge in [0.25, 0.3) is 0 Å². The Bertz CT molecular complexity index is 1180. The Kier molecular flexibility index (Phi) is 6.15. The molecule has 3 aromatic heterocycles. The topological polar surface area (TPSA) is 88.2 Å². The SMILES string of the molecule is Clc1cnc2[nH]c(-c3ccc(OCCN4CCOCC4)cc3)nc2c1Nc1cccnc1. The summed E-state index contributed by atoms with van der Waals surface area (Å²) in [6.07, 6.45) is 5.06. The van der Waals surface area contributed by atoms with Gasteiger partial charge in [-0.3, -0.25) is 9.88 Å². The molecule has 0 spiro atoms. The molecule has 0 aliphatic carbocycles. The van der Waals surface area contributed by atoms with E-state index in [-0.39, 0.29) is 0 Å². The van der Waals surface area contributed by atoms with E-state index in [1.54, 1.807) is 18.6 Å². The molecule has 4 heterocycles. The van der Waals surface area contributed by atoms with Crippen LogP contribution >= 0.6 is 11.6 Å². The lowest BCUT2D eigenvalue weighted by Gasteiger charge is -2.26. The van der Waals surface area contributed by atoms with Crippen LogP contribution in [-0.4, -0.2) is 64.3 Å². The van der Waals surface area contributed by atoms with E-state index >= 15 is 0 Å². The Hall–Kier alpha value is -3.20. The number of aromatic amines is 1. The van der Waals surface area contributed by atoms with E-state index in [0.29, 0.717) is 34.3 Å². The molecule has 9 heteroatoms. The fourth-order valence-electron chi connectivity index (χ4n) is 3.59. The molecule has 1 aliphatic heterocycles. The number of hydrogen-bond donors (Lipinski definition) is 2. The summed E-state index contributed by atoms with van der Waals surface area (Å²) in [5, 5.41) is 3.78. The molecule has 1 aromatic carbocycles. The van der Waals surface area contributed by atoms with Gasteiger partial charge in [0, 0.05) is 31.4 Å². The van der Waals surface area contributed by atoms with Crippen LogP contribution in [0.25, 0.3) is 22.6 Å². The number of aromatic nitrogens is 4. The Labute approximate surface area is 190 Å². The van der Waals surface area contributed by atoms with E-state index in [1.165, 1.54) is 0 Å². The summed E-state index contributed by atoms with van der Waals surface area (Å²) >= 11 is 6.41. The zero-order valence-corrected chi connectivity index (χ0v) is 18.2. The summed E-state index contributed by atoms with van der Waals surface area (Å²) in [5.74, 6) is 1.54. The van der Waals surface area contributed by atoms with Crippen LogP contribution in [0.5, 0.6) is 5.75 Å². The fraction of sp³-hybridized carbons (Fsp3) is 0.261. The lowest BCUT2D eigenvalue weighted by Crippen LogP contribution is -2.38. The van der Waals surface area contributed by atoms with Gasteiger partial charge >= 0.3 is 0 Å². The van der Waals surface area contributed by atoms with E-state index in [4.69, 9.17) is 26.1 Å². The second-order valence-corrected chi connectivity index (χ2v) is 7.86. The minimum Gasteiger partial charge on any atom is -0.492 e. The molecule has 4 aromatic rings. The maximum atomic E-state index is 6.41. The monoisotopic (exact) mass is 450 g/mol. The first kappa shape index (κ1) is 20.7. The second kappa shape index (κ2) is 9.52. The molecule has 1 aliphatic rings. The third-order valence-electron chi connectivity index (χ3n) is 5.31. The smallest absolute Gasteiger partial charge is 0.159 e. The fourth-order valence-corrected chi connectivity index (χ4v) is 3.78.